The first-order valence-electron chi connectivity index (χ1n) is 15.1. The van der Waals surface area contributed by atoms with Crippen LogP contribution in [0.5, 0.6) is 0 Å². The van der Waals surface area contributed by atoms with Gasteiger partial charge in [-0.1, -0.05) is 94.7 Å². The van der Waals surface area contributed by atoms with E-state index < -0.39 is 6.10 Å². The van der Waals surface area contributed by atoms with Crippen molar-refractivity contribution in [2.75, 3.05) is 0 Å². The average molecular weight is 521 g/mol. The molecule has 0 unspecified atom stereocenters. The molecule has 0 aliphatic carbocycles. The Hall–Kier alpha value is -2.49. The van der Waals surface area contributed by atoms with E-state index in [0.29, 0.717) is 18.9 Å². The standard InChI is InChI=1S/C35H52O3/c1-4-7-9-11-12-13-14-15-16-17-18-19-20-22-27-31-35(36)37-32(6-3)28-24-23-26-30-34-33(38-34)29-25-21-10-8-5-2/h5-6,12-13,15-16,32-34H,2-4,7-11,14,17-22,25,27,29-31H2,1H3/b13-12-,16-15-/t32-,33-,34+/m1/s1. The summed E-state index contributed by atoms with van der Waals surface area (Å²) >= 11 is 0. The molecular weight excluding hydrogens is 468 g/mol. The van der Waals surface area contributed by atoms with Crippen LogP contribution in [0, 0.1) is 23.7 Å². The number of allylic oxidation sites excluding steroid dienone is 5. The molecule has 1 heterocycles. The van der Waals surface area contributed by atoms with Crippen LogP contribution in [-0.2, 0) is 14.3 Å². The summed E-state index contributed by atoms with van der Waals surface area (Å²) in [5.41, 5.74) is 0. The van der Waals surface area contributed by atoms with E-state index in [4.69, 9.17) is 9.47 Å². The maximum atomic E-state index is 12.1. The number of unbranched alkanes of at least 4 members (excludes halogenated alkanes) is 11. The molecule has 1 rings (SSSR count). The lowest BCUT2D eigenvalue weighted by Gasteiger charge is -2.07. The number of rotatable bonds is 23. The molecule has 0 saturated carbocycles. The van der Waals surface area contributed by atoms with Crippen LogP contribution < -0.4 is 0 Å². The van der Waals surface area contributed by atoms with Gasteiger partial charge in [0.15, 0.2) is 6.10 Å². The summed E-state index contributed by atoms with van der Waals surface area (Å²) < 4.78 is 11.1. The number of hydrogen-bond donors (Lipinski definition) is 0. The molecule has 210 valence electrons. The van der Waals surface area contributed by atoms with E-state index in [-0.39, 0.29) is 12.1 Å². The average Bonchev–Trinajstić information content (AvgIpc) is 3.67. The van der Waals surface area contributed by atoms with Crippen LogP contribution in [-0.4, -0.2) is 24.3 Å². The summed E-state index contributed by atoms with van der Waals surface area (Å²) in [5, 5.41) is 0. The Morgan fingerprint density at radius 2 is 1.53 bits per heavy atom. The van der Waals surface area contributed by atoms with Crippen molar-refractivity contribution < 1.29 is 14.3 Å². The van der Waals surface area contributed by atoms with Crippen molar-refractivity contribution in [3.63, 3.8) is 0 Å². The molecule has 1 saturated heterocycles. The highest BCUT2D eigenvalue weighted by molar-refractivity contribution is 5.70. The lowest BCUT2D eigenvalue weighted by Crippen LogP contribution is -2.13. The number of esters is 1. The fourth-order valence-electron chi connectivity index (χ4n) is 4.14. The molecule has 0 aromatic carbocycles. The summed E-state index contributed by atoms with van der Waals surface area (Å²) in [6.45, 7) is 9.71. The molecule has 1 fully saturated rings. The third-order valence-electron chi connectivity index (χ3n) is 6.56. The Bertz CT molecular complexity index is 814. The van der Waals surface area contributed by atoms with Crippen molar-refractivity contribution in [2.45, 2.75) is 141 Å². The molecule has 0 amide bonds. The molecule has 3 atom stereocenters. The van der Waals surface area contributed by atoms with E-state index >= 15 is 0 Å². The van der Waals surface area contributed by atoms with Crippen molar-refractivity contribution in [2.24, 2.45) is 0 Å². The molecular formula is C35H52O3. The van der Waals surface area contributed by atoms with Gasteiger partial charge in [-0.15, -0.1) is 6.58 Å². The second kappa shape index (κ2) is 24.8. The maximum absolute atomic E-state index is 12.1. The van der Waals surface area contributed by atoms with Crippen molar-refractivity contribution >= 4 is 5.97 Å². The van der Waals surface area contributed by atoms with Crippen molar-refractivity contribution in [1.82, 2.24) is 0 Å². The van der Waals surface area contributed by atoms with Crippen molar-refractivity contribution in [3.8, 4) is 23.7 Å². The normalized spacial score (nSPS) is 16.9. The van der Waals surface area contributed by atoms with E-state index in [1.807, 2.05) is 6.08 Å². The molecule has 0 bridgehead atoms. The minimum Gasteiger partial charge on any atom is -0.445 e. The van der Waals surface area contributed by atoms with Crippen LogP contribution in [0.4, 0.5) is 0 Å². The van der Waals surface area contributed by atoms with Crippen LogP contribution in [0.2, 0.25) is 0 Å². The fourth-order valence-corrected chi connectivity index (χ4v) is 4.14. The predicted octanol–water partition coefficient (Wildman–Crippen LogP) is 9.20. The van der Waals surface area contributed by atoms with E-state index in [0.717, 1.165) is 44.9 Å². The Balaban J connectivity index is 2.02. The molecule has 0 N–H and O–H groups in total. The van der Waals surface area contributed by atoms with Gasteiger partial charge in [-0.25, -0.2) is 0 Å². The summed E-state index contributed by atoms with van der Waals surface area (Å²) in [5.74, 6) is 11.4. The van der Waals surface area contributed by atoms with Gasteiger partial charge < -0.3 is 9.47 Å². The quantitative estimate of drug-likeness (QED) is 0.0443. The Morgan fingerprint density at radius 3 is 2.26 bits per heavy atom. The lowest BCUT2D eigenvalue weighted by molar-refractivity contribution is -0.144. The number of epoxide rings is 1. The van der Waals surface area contributed by atoms with Crippen LogP contribution in [0.1, 0.15) is 122 Å². The number of ether oxygens (including phenoxy) is 2. The van der Waals surface area contributed by atoms with Gasteiger partial charge in [0, 0.05) is 12.8 Å². The van der Waals surface area contributed by atoms with Crippen LogP contribution in [0.3, 0.4) is 0 Å². The van der Waals surface area contributed by atoms with Gasteiger partial charge in [0.1, 0.15) is 0 Å². The second-order valence-corrected chi connectivity index (χ2v) is 10.0. The third-order valence-corrected chi connectivity index (χ3v) is 6.56. The highest BCUT2D eigenvalue weighted by Crippen LogP contribution is 2.29. The van der Waals surface area contributed by atoms with Gasteiger partial charge in [0.25, 0.3) is 0 Å². The van der Waals surface area contributed by atoms with Gasteiger partial charge in [0.05, 0.1) is 12.2 Å². The number of hydrogen-bond acceptors (Lipinski definition) is 3. The summed E-state index contributed by atoms with van der Waals surface area (Å²) in [6.07, 6.45) is 32.4. The number of carbonyl (C=O) groups is 1. The first-order chi connectivity index (χ1) is 18.7. The van der Waals surface area contributed by atoms with Gasteiger partial charge in [-0.05, 0) is 81.6 Å². The molecule has 1 aliphatic rings. The Kier molecular flexibility index (Phi) is 21.9. The molecule has 1 aliphatic heterocycles. The minimum absolute atomic E-state index is 0.217. The minimum atomic E-state index is -0.602. The second-order valence-electron chi connectivity index (χ2n) is 10.0. The zero-order chi connectivity index (χ0) is 27.5. The zero-order valence-electron chi connectivity index (χ0n) is 24.1. The Labute approximate surface area is 234 Å². The monoisotopic (exact) mass is 520 g/mol. The molecule has 38 heavy (non-hydrogen) atoms. The van der Waals surface area contributed by atoms with Crippen LogP contribution in [0.15, 0.2) is 49.6 Å². The maximum Gasteiger partial charge on any atom is 0.307 e. The molecule has 3 heteroatoms. The summed E-state index contributed by atoms with van der Waals surface area (Å²) in [6, 6.07) is 0. The molecule has 0 radical (unpaired) electrons. The summed E-state index contributed by atoms with van der Waals surface area (Å²) in [4.78, 5) is 12.1. The molecule has 3 nitrogen and oxygen atoms in total. The van der Waals surface area contributed by atoms with Crippen LogP contribution in [0.25, 0.3) is 0 Å². The SMILES string of the molecule is C=CCCCCC[C@H]1O[C@H]1CC#CC#C[C@@H](C=C)OC(=O)CCCCCCC/C=C\C/C=C\CCCCC. The highest BCUT2D eigenvalue weighted by atomic mass is 16.6. The lowest BCUT2D eigenvalue weighted by atomic mass is 10.1. The fraction of sp³-hybridized carbons (Fsp3) is 0.629. The van der Waals surface area contributed by atoms with Crippen LogP contribution >= 0.6 is 0 Å². The predicted molar refractivity (Wildman–Crippen MR) is 162 cm³/mol. The van der Waals surface area contributed by atoms with Gasteiger partial charge in [-0.3, -0.25) is 4.79 Å². The topological polar surface area (TPSA) is 38.8 Å². The zero-order valence-corrected chi connectivity index (χ0v) is 24.1. The van der Waals surface area contributed by atoms with E-state index in [2.05, 4.69) is 68.1 Å². The van der Waals surface area contributed by atoms with Gasteiger partial charge >= 0.3 is 5.97 Å². The van der Waals surface area contributed by atoms with E-state index in [1.54, 1.807) is 6.08 Å². The third kappa shape index (κ3) is 20.6. The van der Waals surface area contributed by atoms with E-state index in [9.17, 15) is 4.79 Å². The molecule has 0 aromatic rings. The summed E-state index contributed by atoms with van der Waals surface area (Å²) in [7, 11) is 0. The number of carbonyl (C=O) groups excluding carboxylic acids is 1. The largest absolute Gasteiger partial charge is 0.445 e. The first kappa shape index (κ1) is 33.5. The molecule has 0 aromatic heterocycles. The smallest absolute Gasteiger partial charge is 0.307 e. The van der Waals surface area contributed by atoms with Gasteiger partial charge in [0.2, 0.25) is 0 Å². The van der Waals surface area contributed by atoms with Gasteiger partial charge in [-0.2, -0.15) is 0 Å². The van der Waals surface area contributed by atoms with E-state index in [1.165, 1.54) is 57.8 Å². The van der Waals surface area contributed by atoms with Crippen molar-refractivity contribution in [3.05, 3.63) is 49.6 Å². The first-order valence-corrected chi connectivity index (χ1v) is 15.1. The Morgan fingerprint density at radius 1 is 0.842 bits per heavy atom. The molecule has 0 spiro atoms. The highest BCUT2D eigenvalue weighted by Gasteiger charge is 2.36. The van der Waals surface area contributed by atoms with Crippen molar-refractivity contribution in [1.29, 1.82) is 0 Å².